The first-order valence-electron chi connectivity index (χ1n) is 9.97. The van der Waals surface area contributed by atoms with Crippen molar-refractivity contribution in [2.24, 2.45) is 14.1 Å². The average molecular weight is 409 g/mol. The van der Waals surface area contributed by atoms with E-state index in [0.717, 1.165) is 23.9 Å². The number of nitrogens with zero attached hydrogens (tertiary/aromatic N) is 5. The molecule has 0 radical (unpaired) electrons. The van der Waals surface area contributed by atoms with Gasteiger partial charge in [-0.25, -0.2) is 9.78 Å². The lowest BCUT2D eigenvalue weighted by molar-refractivity contribution is 0.182. The lowest BCUT2D eigenvalue weighted by atomic mass is 10.2. The van der Waals surface area contributed by atoms with E-state index >= 15 is 0 Å². The van der Waals surface area contributed by atoms with E-state index in [0.29, 0.717) is 29.4 Å². The first-order valence-corrected chi connectivity index (χ1v) is 9.97. The van der Waals surface area contributed by atoms with Gasteiger partial charge in [-0.2, -0.15) is 4.98 Å². The molecule has 0 bridgehead atoms. The number of anilines is 1. The minimum atomic E-state index is -0.450. The summed E-state index contributed by atoms with van der Waals surface area (Å²) in [5.41, 5.74) is 1.44. The van der Waals surface area contributed by atoms with Crippen LogP contribution in [-0.2, 0) is 20.6 Å². The van der Waals surface area contributed by atoms with Crippen molar-refractivity contribution in [2.45, 2.75) is 38.0 Å². The number of hydrogen-bond acceptors (Lipinski definition) is 6. The zero-order valence-corrected chi connectivity index (χ0v) is 16.8. The highest BCUT2D eigenvalue weighted by molar-refractivity contribution is 5.75. The molecule has 1 saturated carbocycles. The van der Waals surface area contributed by atoms with Gasteiger partial charge in [-0.3, -0.25) is 13.9 Å². The molecule has 156 valence electrons. The smallest absolute Gasteiger partial charge is 0.332 e. The predicted octanol–water partition coefficient (Wildman–Crippen LogP) is 0.684. The Kier molecular flexibility index (Phi) is 4.24. The van der Waals surface area contributed by atoms with Crippen molar-refractivity contribution >= 4 is 28.1 Å². The molecule has 0 amide bonds. The van der Waals surface area contributed by atoms with Gasteiger partial charge >= 0.3 is 5.69 Å². The molecule has 0 unspecified atom stereocenters. The fraction of sp³-hybridized carbons (Fsp3) is 0.400. The number of aliphatic hydroxyl groups excluding tert-OH is 1. The first kappa shape index (κ1) is 18.6. The fourth-order valence-electron chi connectivity index (χ4n) is 4.21. The Morgan fingerprint density at radius 1 is 1.17 bits per heavy atom. The number of aliphatic hydroxyl groups is 1. The Balaban J connectivity index is 1.58. The largest absolute Gasteiger partial charge is 0.393 e. The van der Waals surface area contributed by atoms with E-state index in [-0.39, 0.29) is 18.7 Å². The van der Waals surface area contributed by atoms with Gasteiger partial charge in [0.05, 0.1) is 23.7 Å². The molecule has 1 aliphatic carbocycles. The van der Waals surface area contributed by atoms with Crippen LogP contribution in [0, 0.1) is 0 Å². The van der Waals surface area contributed by atoms with Crippen LogP contribution in [0.15, 0.2) is 33.9 Å². The molecule has 30 heavy (non-hydrogen) atoms. The molecule has 10 nitrogen and oxygen atoms in total. The van der Waals surface area contributed by atoms with Gasteiger partial charge in [-0.15, -0.1) is 0 Å². The molecule has 3 aromatic heterocycles. The van der Waals surface area contributed by atoms with E-state index in [9.17, 15) is 14.7 Å². The molecule has 2 atom stereocenters. The minimum absolute atomic E-state index is 0.0406. The summed E-state index contributed by atoms with van der Waals surface area (Å²) in [5, 5.41) is 13.1. The molecule has 4 aromatic rings. The van der Waals surface area contributed by atoms with E-state index in [1.165, 1.54) is 9.13 Å². The molecular formula is C20H23N7O3. The number of aryl methyl sites for hydroxylation is 2. The van der Waals surface area contributed by atoms with Crippen LogP contribution in [0.25, 0.3) is 22.2 Å². The Morgan fingerprint density at radius 3 is 2.70 bits per heavy atom. The lowest BCUT2D eigenvalue weighted by Gasteiger charge is -2.12. The summed E-state index contributed by atoms with van der Waals surface area (Å²) >= 11 is 0. The summed E-state index contributed by atoms with van der Waals surface area (Å²) in [6.45, 7) is 0.0406. The third-order valence-electron chi connectivity index (χ3n) is 5.84. The van der Waals surface area contributed by atoms with Crippen LogP contribution in [0.5, 0.6) is 0 Å². The monoisotopic (exact) mass is 409 g/mol. The van der Waals surface area contributed by atoms with Crippen LogP contribution >= 0.6 is 0 Å². The van der Waals surface area contributed by atoms with Crippen molar-refractivity contribution < 1.29 is 5.11 Å². The van der Waals surface area contributed by atoms with Crippen LogP contribution in [0.3, 0.4) is 0 Å². The van der Waals surface area contributed by atoms with Crippen LogP contribution < -0.4 is 16.6 Å². The summed E-state index contributed by atoms with van der Waals surface area (Å²) in [6, 6.07) is 7.64. The molecule has 3 N–H and O–H groups in total. The highest BCUT2D eigenvalue weighted by Crippen LogP contribution is 2.23. The maximum Gasteiger partial charge on any atom is 0.332 e. The molecule has 1 fully saturated rings. The Labute approximate surface area is 170 Å². The molecule has 0 saturated heterocycles. The van der Waals surface area contributed by atoms with Gasteiger partial charge in [-0.05, 0) is 31.4 Å². The molecule has 1 aliphatic rings. The topological polar surface area (TPSA) is 123 Å². The average Bonchev–Trinajstić information content (AvgIpc) is 3.41. The van der Waals surface area contributed by atoms with Crippen LogP contribution in [-0.4, -0.2) is 45.9 Å². The number of aromatic nitrogens is 6. The van der Waals surface area contributed by atoms with Gasteiger partial charge < -0.3 is 20.0 Å². The SMILES string of the molecule is Cn1c(N[C@H]2CC[C@@H](O)C2)nc2c1c(=O)n(Cc1nc3ccccc3[nH]1)c(=O)n2C. The van der Waals surface area contributed by atoms with Gasteiger partial charge in [0, 0.05) is 20.1 Å². The maximum absolute atomic E-state index is 13.2. The predicted molar refractivity (Wildman–Crippen MR) is 113 cm³/mol. The Morgan fingerprint density at radius 2 is 1.97 bits per heavy atom. The highest BCUT2D eigenvalue weighted by Gasteiger charge is 2.25. The van der Waals surface area contributed by atoms with Crippen molar-refractivity contribution in [3.63, 3.8) is 0 Å². The van der Waals surface area contributed by atoms with Gasteiger partial charge in [0.2, 0.25) is 5.95 Å². The lowest BCUT2D eigenvalue weighted by Crippen LogP contribution is -2.40. The number of fused-ring (bicyclic) bond motifs is 2. The fourth-order valence-corrected chi connectivity index (χ4v) is 4.21. The van der Waals surface area contributed by atoms with Gasteiger partial charge in [0.15, 0.2) is 11.2 Å². The Bertz CT molecular complexity index is 1340. The van der Waals surface area contributed by atoms with Gasteiger partial charge in [0.25, 0.3) is 5.56 Å². The second-order valence-electron chi connectivity index (χ2n) is 7.91. The van der Waals surface area contributed by atoms with Crippen LogP contribution in [0.1, 0.15) is 25.1 Å². The van der Waals surface area contributed by atoms with Crippen molar-refractivity contribution in [2.75, 3.05) is 5.32 Å². The zero-order chi connectivity index (χ0) is 21.0. The van der Waals surface area contributed by atoms with Crippen LogP contribution in [0.2, 0.25) is 0 Å². The van der Waals surface area contributed by atoms with E-state index < -0.39 is 11.2 Å². The number of para-hydroxylation sites is 2. The van der Waals surface area contributed by atoms with Crippen molar-refractivity contribution in [1.82, 2.24) is 28.7 Å². The number of benzene rings is 1. The number of aromatic amines is 1. The number of rotatable bonds is 4. The number of H-pyrrole nitrogens is 1. The van der Waals surface area contributed by atoms with Gasteiger partial charge in [0.1, 0.15) is 5.82 Å². The summed E-state index contributed by atoms with van der Waals surface area (Å²) < 4.78 is 4.23. The molecule has 10 heteroatoms. The third-order valence-corrected chi connectivity index (χ3v) is 5.84. The third kappa shape index (κ3) is 2.91. The normalized spacial score (nSPS) is 19.2. The van der Waals surface area contributed by atoms with E-state index in [4.69, 9.17) is 0 Å². The first-order chi connectivity index (χ1) is 14.4. The quantitative estimate of drug-likeness (QED) is 0.456. The summed E-state index contributed by atoms with van der Waals surface area (Å²) in [4.78, 5) is 38.3. The van der Waals surface area contributed by atoms with Crippen molar-refractivity contribution in [1.29, 1.82) is 0 Å². The molecule has 0 spiro atoms. The summed E-state index contributed by atoms with van der Waals surface area (Å²) in [7, 11) is 3.36. The number of nitrogens with one attached hydrogen (secondary N) is 2. The molecule has 1 aromatic carbocycles. The van der Waals surface area contributed by atoms with E-state index in [2.05, 4.69) is 20.3 Å². The van der Waals surface area contributed by atoms with E-state index in [1.807, 2.05) is 24.3 Å². The minimum Gasteiger partial charge on any atom is -0.393 e. The molecule has 3 heterocycles. The van der Waals surface area contributed by atoms with E-state index in [1.54, 1.807) is 18.7 Å². The van der Waals surface area contributed by atoms with Gasteiger partial charge in [-0.1, -0.05) is 12.1 Å². The molecule has 0 aliphatic heterocycles. The second kappa shape index (κ2) is 6.84. The standard InChI is InChI=1S/C20H23N7O3/c1-25-16-17(24-19(25)21-11-7-8-12(28)9-11)26(2)20(30)27(18(16)29)10-15-22-13-5-3-4-6-14(13)23-15/h3-6,11-12,28H,7-10H2,1-2H3,(H,21,24)(H,22,23)/t11-,12+/m0/s1. The maximum atomic E-state index is 13.2. The molecular weight excluding hydrogens is 386 g/mol. The summed E-state index contributed by atoms with van der Waals surface area (Å²) in [6.07, 6.45) is 1.89. The second-order valence-corrected chi connectivity index (χ2v) is 7.91. The number of hydrogen-bond donors (Lipinski definition) is 3. The van der Waals surface area contributed by atoms with Crippen molar-refractivity contribution in [3.8, 4) is 0 Å². The summed E-state index contributed by atoms with van der Waals surface area (Å²) in [5.74, 6) is 1.05. The van der Waals surface area contributed by atoms with Crippen molar-refractivity contribution in [3.05, 3.63) is 50.9 Å². The van der Waals surface area contributed by atoms with Crippen LogP contribution in [0.4, 0.5) is 5.95 Å². The Hall–Kier alpha value is -3.40. The molecule has 5 rings (SSSR count). The number of imidazole rings is 2. The highest BCUT2D eigenvalue weighted by atomic mass is 16.3. The zero-order valence-electron chi connectivity index (χ0n) is 16.8.